The van der Waals surface area contributed by atoms with Gasteiger partial charge < -0.3 is 28.5 Å². The lowest BCUT2D eigenvalue weighted by Gasteiger charge is -2.29. The van der Waals surface area contributed by atoms with Gasteiger partial charge in [-0.25, -0.2) is 4.39 Å². The van der Waals surface area contributed by atoms with Gasteiger partial charge in [-0.3, -0.25) is 9.59 Å². The smallest absolute Gasteiger partial charge is 0.303 e. The minimum Gasteiger partial charge on any atom is -0.493 e. The molecule has 0 atom stereocenters. The Bertz CT molecular complexity index is 1840. The molecule has 1 aromatic heterocycles. The van der Waals surface area contributed by atoms with Gasteiger partial charge in [-0.1, -0.05) is 23.8 Å². The molecule has 0 aliphatic carbocycles. The fraction of sp³-hybridized carbons (Fsp3) is 0.314. The highest BCUT2D eigenvalue weighted by Crippen LogP contribution is 2.44. The first kappa shape index (κ1) is 30.7. The molecule has 1 aliphatic rings. The number of ether oxygens (including phenoxy) is 4. The van der Waals surface area contributed by atoms with Gasteiger partial charge in [0.05, 0.1) is 24.7 Å². The molecule has 3 aromatic carbocycles. The Morgan fingerprint density at radius 3 is 2.45 bits per heavy atom. The zero-order valence-electron chi connectivity index (χ0n) is 25.4. The van der Waals surface area contributed by atoms with Crippen LogP contribution in [0.1, 0.15) is 57.2 Å². The number of benzene rings is 3. The van der Waals surface area contributed by atoms with E-state index in [0.717, 1.165) is 11.1 Å². The van der Waals surface area contributed by atoms with Crippen molar-refractivity contribution in [3.8, 4) is 23.0 Å². The van der Waals surface area contributed by atoms with E-state index in [-0.39, 0.29) is 59.6 Å². The van der Waals surface area contributed by atoms with Crippen molar-refractivity contribution in [2.24, 2.45) is 0 Å². The second-order valence-electron chi connectivity index (χ2n) is 11.5. The van der Waals surface area contributed by atoms with Crippen LogP contribution in [0.5, 0.6) is 23.0 Å². The summed E-state index contributed by atoms with van der Waals surface area (Å²) < 4.78 is 44.2. The van der Waals surface area contributed by atoms with Crippen LogP contribution in [0.4, 0.5) is 4.39 Å². The molecule has 2 heterocycles. The summed E-state index contributed by atoms with van der Waals surface area (Å²) in [6, 6.07) is 9.31. The van der Waals surface area contributed by atoms with E-state index < -0.39 is 11.6 Å². The van der Waals surface area contributed by atoms with Crippen LogP contribution < -0.4 is 24.4 Å². The molecule has 9 heteroatoms. The number of methoxy groups -OCH3 is 1. The number of hydrogen-bond acceptors (Lipinski definition) is 7. The van der Waals surface area contributed by atoms with E-state index in [2.05, 4.69) is 0 Å². The van der Waals surface area contributed by atoms with E-state index in [4.69, 9.17) is 28.5 Å². The molecule has 0 spiro atoms. The van der Waals surface area contributed by atoms with E-state index in [1.54, 1.807) is 24.3 Å². The number of rotatable bonds is 11. The maximum absolute atomic E-state index is 14.5. The SMILES string of the molecule is COc1c(OCc2ccc(F)cc2)cc2oc3cc4c(c(OCCCC(=O)O)c3c(=O)c2c1CC=C(C)C)C=CC(C)(C)O4. The molecule has 0 unspecified atom stereocenters. The zero-order chi connectivity index (χ0) is 31.6. The predicted octanol–water partition coefficient (Wildman–Crippen LogP) is 7.61. The maximum Gasteiger partial charge on any atom is 0.303 e. The largest absolute Gasteiger partial charge is 0.493 e. The van der Waals surface area contributed by atoms with Crippen LogP contribution in [0.2, 0.25) is 0 Å². The number of fused-ring (bicyclic) bond motifs is 3. The van der Waals surface area contributed by atoms with Gasteiger partial charge in [0.25, 0.3) is 0 Å². The summed E-state index contributed by atoms with van der Waals surface area (Å²) in [6.07, 6.45) is 6.26. The van der Waals surface area contributed by atoms with Gasteiger partial charge in [0, 0.05) is 24.1 Å². The van der Waals surface area contributed by atoms with Crippen molar-refractivity contribution in [1.29, 1.82) is 0 Å². The summed E-state index contributed by atoms with van der Waals surface area (Å²) in [7, 11) is 1.51. The highest BCUT2D eigenvalue weighted by molar-refractivity contribution is 5.99. The van der Waals surface area contributed by atoms with Gasteiger partial charge in [0.15, 0.2) is 11.5 Å². The second kappa shape index (κ2) is 12.4. The first-order valence-corrected chi connectivity index (χ1v) is 14.4. The van der Waals surface area contributed by atoms with Crippen molar-refractivity contribution in [3.63, 3.8) is 0 Å². The number of carbonyl (C=O) groups is 1. The summed E-state index contributed by atoms with van der Waals surface area (Å²) in [6.45, 7) is 7.96. The van der Waals surface area contributed by atoms with Crippen molar-refractivity contribution in [2.75, 3.05) is 13.7 Å². The molecule has 5 rings (SSSR count). The standard InChI is InChI=1S/C35H35FO8/c1-20(2)8-13-24-30-26(18-28(33(24)40-5)42-19-21-9-11-22(36)12-10-21)43-27-17-25-23(14-15-35(3,4)44-25)34(31(27)32(30)39)41-16-6-7-29(37)38/h8-12,14-15,17-18H,6-7,13,16,19H2,1-5H3,(H,37,38). The lowest BCUT2D eigenvalue weighted by Crippen LogP contribution is -2.27. The summed E-state index contributed by atoms with van der Waals surface area (Å²) in [5.41, 5.74) is 2.57. The topological polar surface area (TPSA) is 104 Å². The average molecular weight is 603 g/mol. The van der Waals surface area contributed by atoms with Gasteiger partial charge in [0.2, 0.25) is 5.43 Å². The molecule has 0 bridgehead atoms. The fourth-order valence-corrected chi connectivity index (χ4v) is 5.13. The van der Waals surface area contributed by atoms with E-state index in [1.807, 2.05) is 45.9 Å². The molecule has 0 saturated heterocycles. The van der Waals surface area contributed by atoms with Crippen LogP contribution in [0.3, 0.4) is 0 Å². The molecule has 0 radical (unpaired) electrons. The predicted molar refractivity (Wildman–Crippen MR) is 167 cm³/mol. The lowest BCUT2D eigenvalue weighted by molar-refractivity contribution is -0.137. The number of hydrogen-bond donors (Lipinski definition) is 1. The van der Waals surface area contributed by atoms with Gasteiger partial charge in [-0.05, 0) is 70.4 Å². The normalized spacial score (nSPS) is 13.3. The monoisotopic (exact) mass is 602 g/mol. The molecule has 0 saturated carbocycles. The first-order valence-electron chi connectivity index (χ1n) is 14.4. The third kappa shape index (κ3) is 6.41. The number of carboxylic acid groups (broad SMARTS) is 1. The van der Waals surface area contributed by atoms with Gasteiger partial charge in [0.1, 0.15) is 46.1 Å². The molecule has 0 amide bonds. The van der Waals surface area contributed by atoms with Crippen molar-refractivity contribution >= 4 is 34.0 Å². The third-order valence-corrected chi connectivity index (χ3v) is 7.26. The van der Waals surface area contributed by atoms with Gasteiger partial charge >= 0.3 is 5.97 Å². The Balaban J connectivity index is 1.74. The van der Waals surface area contributed by atoms with Gasteiger partial charge in [-0.15, -0.1) is 0 Å². The maximum atomic E-state index is 14.5. The third-order valence-electron chi connectivity index (χ3n) is 7.26. The minimum absolute atomic E-state index is 0.0748. The molecule has 1 aliphatic heterocycles. The minimum atomic E-state index is -0.933. The van der Waals surface area contributed by atoms with Gasteiger partial charge in [-0.2, -0.15) is 0 Å². The number of carboxylic acids is 1. The van der Waals surface area contributed by atoms with Crippen molar-refractivity contribution < 1.29 is 37.7 Å². The van der Waals surface area contributed by atoms with Crippen molar-refractivity contribution in [1.82, 2.24) is 0 Å². The molecule has 1 N–H and O–H groups in total. The highest BCUT2D eigenvalue weighted by Gasteiger charge is 2.29. The quantitative estimate of drug-likeness (QED) is 0.106. The summed E-state index contributed by atoms with van der Waals surface area (Å²) in [5.74, 6) is 0.228. The Hall–Kier alpha value is -4.79. The summed E-state index contributed by atoms with van der Waals surface area (Å²) >= 11 is 0. The number of allylic oxidation sites excluding steroid dienone is 2. The van der Waals surface area contributed by atoms with Crippen LogP contribution in [0.25, 0.3) is 28.0 Å². The number of halogens is 1. The number of aliphatic carboxylic acids is 1. The molecule has 8 nitrogen and oxygen atoms in total. The summed E-state index contributed by atoms with van der Waals surface area (Å²) in [4.78, 5) is 25.6. The van der Waals surface area contributed by atoms with Crippen LogP contribution in [0, 0.1) is 5.82 Å². The van der Waals surface area contributed by atoms with Crippen LogP contribution in [-0.2, 0) is 17.8 Å². The molecular formula is C35H35FO8. The van der Waals surface area contributed by atoms with E-state index >= 15 is 0 Å². The van der Waals surface area contributed by atoms with E-state index in [0.29, 0.717) is 40.2 Å². The summed E-state index contributed by atoms with van der Waals surface area (Å²) in [5, 5.41) is 9.65. The van der Waals surface area contributed by atoms with Crippen LogP contribution in [0.15, 0.2) is 63.3 Å². The highest BCUT2D eigenvalue weighted by atomic mass is 19.1. The molecule has 44 heavy (non-hydrogen) atoms. The Kier molecular flexibility index (Phi) is 8.67. The molecule has 230 valence electrons. The zero-order valence-corrected chi connectivity index (χ0v) is 25.4. The average Bonchev–Trinajstić information content (AvgIpc) is 2.96. The van der Waals surface area contributed by atoms with Crippen molar-refractivity contribution in [3.05, 3.63) is 86.9 Å². The molecule has 4 aromatic rings. The van der Waals surface area contributed by atoms with Crippen molar-refractivity contribution in [2.45, 2.75) is 59.2 Å². The van der Waals surface area contributed by atoms with E-state index in [9.17, 15) is 14.0 Å². The van der Waals surface area contributed by atoms with Crippen LogP contribution >= 0.6 is 0 Å². The van der Waals surface area contributed by atoms with Crippen LogP contribution in [-0.4, -0.2) is 30.4 Å². The lowest BCUT2D eigenvalue weighted by atomic mass is 9.97. The van der Waals surface area contributed by atoms with E-state index in [1.165, 1.54) is 19.2 Å². The Morgan fingerprint density at radius 2 is 1.77 bits per heavy atom. The fourth-order valence-electron chi connectivity index (χ4n) is 5.13. The second-order valence-corrected chi connectivity index (χ2v) is 11.5. The Morgan fingerprint density at radius 1 is 1.05 bits per heavy atom. The molecular weight excluding hydrogens is 567 g/mol. The Labute approximate surface area is 254 Å². The first-order chi connectivity index (χ1) is 21.0. The molecule has 0 fully saturated rings.